The Morgan fingerprint density at radius 3 is 2.76 bits per heavy atom. The van der Waals surface area contributed by atoms with Gasteiger partial charge in [0.2, 0.25) is 0 Å². The number of hydrogen-bond donors (Lipinski definition) is 1. The van der Waals surface area contributed by atoms with Crippen LogP contribution in [-0.2, 0) is 9.47 Å². The maximum Gasteiger partial charge on any atom is 0.132 e. The van der Waals surface area contributed by atoms with E-state index in [0.29, 0.717) is 19.1 Å². The molecular formula is C13H22N2O2. The fourth-order valence-corrected chi connectivity index (χ4v) is 2.44. The molecule has 2 unspecified atom stereocenters. The molecule has 2 aliphatic rings. The van der Waals surface area contributed by atoms with Crippen LogP contribution in [0.4, 0.5) is 0 Å². The predicted molar refractivity (Wildman–Crippen MR) is 64.5 cm³/mol. The Morgan fingerprint density at radius 2 is 2.24 bits per heavy atom. The molecule has 96 valence electrons. The van der Waals surface area contributed by atoms with Crippen molar-refractivity contribution in [3.8, 4) is 6.07 Å². The number of likely N-dealkylation sites (N-methyl/N-ethyl adjacent to an activating group) is 1. The number of hydrogen-bond acceptors (Lipinski definition) is 4. The Morgan fingerprint density at radius 1 is 1.41 bits per heavy atom. The van der Waals surface area contributed by atoms with Crippen molar-refractivity contribution in [2.24, 2.45) is 5.92 Å². The van der Waals surface area contributed by atoms with Crippen molar-refractivity contribution in [3.05, 3.63) is 0 Å². The molecular weight excluding hydrogens is 216 g/mol. The zero-order valence-corrected chi connectivity index (χ0v) is 10.6. The lowest BCUT2D eigenvalue weighted by molar-refractivity contribution is -0.0491. The van der Waals surface area contributed by atoms with Gasteiger partial charge in [-0.25, -0.2) is 0 Å². The van der Waals surface area contributed by atoms with Crippen LogP contribution < -0.4 is 5.32 Å². The Hall–Kier alpha value is -0.630. The number of ether oxygens (including phenoxy) is 2. The highest BCUT2D eigenvalue weighted by Crippen LogP contribution is 2.39. The zero-order valence-electron chi connectivity index (χ0n) is 10.6. The van der Waals surface area contributed by atoms with Crippen molar-refractivity contribution in [1.82, 2.24) is 5.32 Å². The lowest BCUT2D eigenvalue weighted by Crippen LogP contribution is -2.48. The van der Waals surface area contributed by atoms with E-state index in [1.54, 1.807) is 0 Å². The highest BCUT2D eigenvalue weighted by Gasteiger charge is 2.45. The second kappa shape index (κ2) is 5.81. The van der Waals surface area contributed by atoms with Gasteiger partial charge in [-0.2, -0.15) is 5.26 Å². The van der Waals surface area contributed by atoms with E-state index >= 15 is 0 Å². The van der Waals surface area contributed by atoms with Crippen LogP contribution in [-0.4, -0.2) is 38.5 Å². The number of nitrogens with one attached hydrogen (secondary N) is 1. The molecule has 2 atom stereocenters. The predicted octanol–water partition coefficient (Wildman–Crippen LogP) is 1.46. The van der Waals surface area contributed by atoms with Crippen molar-refractivity contribution in [3.63, 3.8) is 0 Å². The van der Waals surface area contributed by atoms with Gasteiger partial charge in [-0.15, -0.1) is 0 Å². The quantitative estimate of drug-likeness (QED) is 0.761. The molecule has 1 saturated heterocycles. The SMILES string of the molecule is CNC(C#N)(COCC1CCCCO1)C1CC1. The molecule has 0 aromatic rings. The first kappa shape index (κ1) is 12.8. The van der Waals surface area contributed by atoms with Crippen LogP contribution in [0.3, 0.4) is 0 Å². The Bertz CT molecular complexity index is 280. The summed E-state index contributed by atoms with van der Waals surface area (Å²) in [6, 6.07) is 2.39. The molecule has 0 radical (unpaired) electrons. The Labute approximate surface area is 103 Å². The standard InChI is InChI=1S/C13H22N2O2/c1-15-13(9-14,11-5-6-11)10-16-8-12-4-2-3-7-17-12/h11-12,15H,2-8,10H2,1H3. The molecule has 1 heterocycles. The van der Waals surface area contributed by atoms with Crippen LogP contribution in [0.25, 0.3) is 0 Å². The van der Waals surface area contributed by atoms with Crippen molar-refractivity contribution >= 4 is 0 Å². The van der Waals surface area contributed by atoms with Gasteiger partial charge in [0.1, 0.15) is 5.54 Å². The summed E-state index contributed by atoms with van der Waals surface area (Å²) in [5.74, 6) is 0.463. The van der Waals surface area contributed by atoms with Gasteiger partial charge < -0.3 is 14.8 Å². The minimum absolute atomic E-state index is 0.233. The van der Waals surface area contributed by atoms with E-state index in [2.05, 4.69) is 11.4 Å². The largest absolute Gasteiger partial charge is 0.376 e. The second-order valence-electron chi connectivity index (χ2n) is 5.11. The van der Waals surface area contributed by atoms with Crippen LogP contribution >= 0.6 is 0 Å². The summed E-state index contributed by atoms with van der Waals surface area (Å²) in [5, 5.41) is 12.4. The summed E-state index contributed by atoms with van der Waals surface area (Å²) < 4.78 is 11.3. The van der Waals surface area contributed by atoms with Crippen molar-refractivity contribution in [1.29, 1.82) is 5.26 Å². The van der Waals surface area contributed by atoms with Gasteiger partial charge in [0, 0.05) is 6.61 Å². The van der Waals surface area contributed by atoms with Crippen LogP contribution in [0.5, 0.6) is 0 Å². The molecule has 2 rings (SSSR count). The zero-order chi connectivity index (χ0) is 12.1. The molecule has 17 heavy (non-hydrogen) atoms. The average Bonchev–Trinajstić information content (AvgIpc) is 3.21. The summed E-state index contributed by atoms with van der Waals surface area (Å²) in [4.78, 5) is 0. The van der Waals surface area contributed by atoms with Gasteiger partial charge in [-0.1, -0.05) is 0 Å². The normalized spacial score (nSPS) is 28.4. The molecule has 0 aromatic carbocycles. The molecule has 1 saturated carbocycles. The van der Waals surface area contributed by atoms with Gasteiger partial charge in [0.15, 0.2) is 0 Å². The van der Waals surface area contributed by atoms with Gasteiger partial charge in [0.25, 0.3) is 0 Å². The molecule has 0 aromatic heterocycles. The van der Waals surface area contributed by atoms with Gasteiger partial charge >= 0.3 is 0 Å². The highest BCUT2D eigenvalue weighted by atomic mass is 16.5. The second-order valence-corrected chi connectivity index (χ2v) is 5.11. The maximum absolute atomic E-state index is 9.30. The van der Waals surface area contributed by atoms with E-state index in [0.717, 1.165) is 32.3 Å². The van der Waals surface area contributed by atoms with Crippen molar-refractivity contribution in [2.75, 3.05) is 26.9 Å². The lowest BCUT2D eigenvalue weighted by atomic mass is 9.96. The minimum atomic E-state index is -0.478. The van der Waals surface area contributed by atoms with Crippen molar-refractivity contribution in [2.45, 2.75) is 43.7 Å². The average molecular weight is 238 g/mol. The summed E-state index contributed by atoms with van der Waals surface area (Å²) in [6.45, 7) is 1.95. The van der Waals surface area contributed by atoms with E-state index in [1.165, 1.54) is 6.42 Å². The fourth-order valence-electron chi connectivity index (χ4n) is 2.44. The van der Waals surface area contributed by atoms with Crippen LogP contribution in [0.2, 0.25) is 0 Å². The molecule has 2 fully saturated rings. The smallest absolute Gasteiger partial charge is 0.132 e. The van der Waals surface area contributed by atoms with Gasteiger partial charge in [-0.05, 0) is 45.1 Å². The van der Waals surface area contributed by atoms with E-state index in [1.807, 2.05) is 7.05 Å². The first-order valence-corrected chi connectivity index (χ1v) is 6.60. The van der Waals surface area contributed by atoms with E-state index in [9.17, 15) is 5.26 Å². The number of rotatable bonds is 6. The number of nitriles is 1. The summed E-state index contributed by atoms with van der Waals surface area (Å²) in [7, 11) is 1.85. The third-order valence-electron chi connectivity index (χ3n) is 3.83. The maximum atomic E-state index is 9.30. The van der Waals surface area contributed by atoms with E-state index in [4.69, 9.17) is 9.47 Å². The molecule has 0 spiro atoms. The van der Waals surface area contributed by atoms with Crippen molar-refractivity contribution < 1.29 is 9.47 Å². The topological polar surface area (TPSA) is 54.3 Å². The monoisotopic (exact) mass is 238 g/mol. The molecule has 0 amide bonds. The highest BCUT2D eigenvalue weighted by molar-refractivity contribution is 5.14. The van der Waals surface area contributed by atoms with E-state index < -0.39 is 5.54 Å². The van der Waals surface area contributed by atoms with Crippen LogP contribution in [0.1, 0.15) is 32.1 Å². The summed E-state index contributed by atoms with van der Waals surface area (Å²) in [5.41, 5.74) is -0.478. The fraction of sp³-hybridized carbons (Fsp3) is 0.923. The Kier molecular flexibility index (Phi) is 4.38. The lowest BCUT2D eigenvalue weighted by Gasteiger charge is -2.28. The third-order valence-corrected chi connectivity index (χ3v) is 3.83. The number of nitrogens with zero attached hydrogens (tertiary/aromatic N) is 1. The summed E-state index contributed by atoms with van der Waals surface area (Å²) >= 11 is 0. The Balaban J connectivity index is 1.74. The van der Waals surface area contributed by atoms with Gasteiger partial charge in [-0.3, -0.25) is 0 Å². The third kappa shape index (κ3) is 3.19. The molecule has 1 N–H and O–H groups in total. The molecule has 0 bridgehead atoms. The molecule has 1 aliphatic carbocycles. The molecule has 1 aliphatic heterocycles. The van der Waals surface area contributed by atoms with Crippen LogP contribution in [0.15, 0.2) is 0 Å². The molecule has 4 heteroatoms. The van der Waals surface area contributed by atoms with E-state index in [-0.39, 0.29) is 6.10 Å². The first-order valence-electron chi connectivity index (χ1n) is 6.60. The summed E-state index contributed by atoms with van der Waals surface area (Å²) in [6.07, 6.45) is 5.98. The van der Waals surface area contributed by atoms with Gasteiger partial charge in [0.05, 0.1) is 25.4 Å². The van der Waals surface area contributed by atoms with Crippen LogP contribution in [0, 0.1) is 17.2 Å². The minimum Gasteiger partial charge on any atom is -0.376 e. The first-order chi connectivity index (χ1) is 8.30. The molecule has 4 nitrogen and oxygen atoms in total.